The molecule has 0 saturated heterocycles. The van der Waals surface area contributed by atoms with Crippen molar-refractivity contribution in [2.45, 2.75) is 32.5 Å². The lowest BCUT2D eigenvalue weighted by atomic mass is 10.1. The van der Waals surface area contributed by atoms with Gasteiger partial charge >= 0.3 is 0 Å². The predicted molar refractivity (Wildman–Crippen MR) is 105 cm³/mol. The minimum Gasteiger partial charge on any atom is -0.334 e. The number of rotatable bonds is 7. The Hall–Kier alpha value is -2.66. The molecular weight excluding hydrogens is 344 g/mol. The highest BCUT2D eigenvalue weighted by molar-refractivity contribution is 7.09. The van der Waals surface area contributed by atoms with Crippen LogP contribution < -0.4 is 5.56 Å². The van der Waals surface area contributed by atoms with Crippen molar-refractivity contribution in [2.24, 2.45) is 0 Å². The number of amides is 1. The molecule has 4 nitrogen and oxygen atoms in total. The average Bonchev–Trinajstić information content (AvgIpc) is 3.15. The van der Waals surface area contributed by atoms with Gasteiger partial charge in [0, 0.05) is 36.1 Å². The van der Waals surface area contributed by atoms with Gasteiger partial charge in [-0.2, -0.15) is 0 Å². The average molecular weight is 366 g/mol. The molecular formula is C21H22N2O2S. The lowest BCUT2D eigenvalue weighted by Crippen LogP contribution is -2.42. The minimum absolute atomic E-state index is 0.0424. The number of carbonyl (C=O) groups excluding carboxylic acids is 1. The maximum atomic E-state index is 13.0. The van der Waals surface area contributed by atoms with Gasteiger partial charge in [0.2, 0.25) is 5.91 Å². The Labute approximate surface area is 157 Å². The molecule has 0 bridgehead atoms. The van der Waals surface area contributed by atoms with Crippen molar-refractivity contribution in [2.75, 3.05) is 0 Å². The molecule has 3 rings (SSSR count). The molecule has 0 radical (unpaired) electrons. The second-order valence-electron chi connectivity index (χ2n) is 6.31. The third-order valence-electron chi connectivity index (χ3n) is 4.33. The molecule has 1 atom stereocenters. The maximum absolute atomic E-state index is 13.0. The lowest BCUT2D eigenvalue weighted by Gasteiger charge is -2.29. The fourth-order valence-corrected chi connectivity index (χ4v) is 3.75. The molecule has 5 heteroatoms. The number of hydrogen-bond donors (Lipinski definition) is 0. The molecule has 0 aliphatic heterocycles. The Balaban J connectivity index is 1.80. The number of benzene rings is 1. The first-order valence-electron chi connectivity index (χ1n) is 8.65. The van der Waals surface area contributed by atoms with E-state index in [2.05, 4.69) is 18.4 Å². The summed E-state index contributed by atoms with van der Waals surface area (Å²) in [7, 11) is 0. The molecule has 1 amide bonds. The van der Waals surface area contributed by atoms with Crippen LogP contribution in [0, 0.1) is 0 Å². The number of pyridine rings is 1. The molecule has 134 valence electrons. The summed E-state index contributed by atoms with van der Waals surface area (Å²) in [6, 6.07) is 19.1. The Morgan fingerprint density at radius 2 is 1.85 bits per heavy atom. The van der Waals surface area contributed by atoms with Crippen LogP contribution in [0.5, 0.6) is 0 Å². The second-order valence-corrected chi connectivity index (χ2v) is 7.34. The standard InChI is InChI=1S/C21H22N2O2S/c1-17(14-19-10-7-13-26-19)23(15-18-8-3-2-4-9-18)21(25)16-22-12-6-5-11-20(22)24/h2-13,17H,14-16H2,1H3. The lowest BCUT2D eigenvalue weighted by molar-refractivity contribution is -0.134. The molecule has 2 heterocycles. The van der Waals surface area contributed by atoms with E-state index in [1.165, 1.54) is 15.5 Å². The van der Waals surface area contributed by atoms with E-state index in [0.717, 1.165) is 12.0 Å². The van der Waals surface area contributed by atoms with Crippen LogP contribution in [0.3, 0.4) is 0 Å². The summed E-state index contributed by atoms with van der Waals surface area (Å²) in [5.74, 6) is -0.0498. The zero-order valence-corrected chi connectivity index (χ0v) is 15.6. The third kappa shape index (κ3) is 4.70. The molecule has 26 heavy (non-hydrogen) atoms. The van der Waals surface area contributed by atoms with Crippen molar-refractivity contribution >= 4 is 17.2 Å². The summed E-state index contributed by atoms with van der Waals surface area (Å²) in [6.45, 7) is 2.66. The van der Waals surface area contributed by atoms with Crippen LogP contribution in [-0.4, -0.2) is 21.4 Å². The van der Waals surface area contributed by atoms with Crippen LogP contribution in [0.4, 0.5) is 0 Å². The first-order chi connectivity index (χ1) is 12.6. The Morgan fingerprint density at radius 1 is 1.08 bits per heavy atom. The van der Waals surface area contributed by atoms with Gasteiger partial charge in [-0.05, 0) is 30.0 Å². The molecule has 0 aliphatic carbocycles. The summed E-state index contributed by atoms with van der Waals surface area (Å²) in [4.78, 5) is 28.1. The van der Waals surface area contributed by atoms with E-state index >= 15 is 0 Å². The van der Waals surface area contributed by atoms with Crippen LogP contribution in [0.25, 0.3) is 0 Å². The first-order valence-corrected chi connectivity index (χ1v) is 9.52. The molecule has 0 aliphatic rings. The van der Waals surface area contributed by atoms with Gasteiger partial charge in [-0.25, -0.2) is 0 Å². The molecule has 0 N–H and O–H groups in total. The molecule has 1 unspecified atom stereocenters. The van der Waals surface area contributed by atoms with E-state index in [4.69, 9.17) is 0 Å². The SMILES string of the molecule is CC(Cc1cccs1)N(Cc1ccccc1)C(=O)Cn1ccccc1=O. The van der Waals surface area contributed by atoms with E-state index in [1.54, 1.807) is 29.7 Å². The van der Waals surface area contributed by atoms with Crippen molar-refractivity contribution in [3.63, 3.8) is 0 Å². The van der Waals surface area contributed by atoms with Crippen LogP contribution in [0.1, 0.15) is 17.4 Å². The Morgan fingerprint density at radius 3 is 2.54 bits per heavy atom. The maximum Gasteiger partial charge on any atom is 0.250 e. The van der Waals surface area contributed by atoms with Gasteiger partial charge in [0.1, 0.15) is 6.54 Å². The van der Waals surface area contributed by atoms with Gasteiger partial charge in [0.15, 0.2) is 0 Å². The van der Waals surface area contributed by atoms with E-state index in [1.807, 2.05) is 41.3 Å². The van der Waals surface area contributed by atoms with Crippen molar-refractivity contribution in [1.29, 1.82) is 0 Å². The predicted octanol–water partition coefficient (Wildman–Crippen LogP) is 3.57. The molecule has 3 aromatic rings. The third-order valence-corrected chi connectivity index (χ3v) is 5.23. The second kappa shape index (κ2) is 8.63. The van der Waals surface area contributed by atoms with Crippen LogP contribution >= 0.6 is 11.3 Å². The van der Waals surface area contributed by atoms with E-state index < -0.39 is 0 Å². The highest BCUT2D eigenvalue weighted by atomic mass is 32.1. The van der Waals surface area contributed by atoms with Crippen LogP contribution in [0.15, 0.2) is 77.0 Å². The van der Waals surface area contributed by atoms with Crippen molar-refractivity contribution in [3.8, 4) is 0 Å². The van der Waals surface area contributed by atoms with E-state index in [-0.39, 0.29) is 24.1 Å². The van der Waals surface area contributed by atoms with Gasteiger partial charge in [-0.1, -0.05) is 42.5 Å². The number of hydrogen-bond acceptors (Lipinski definition) is 3. The number of carbonyl (C=O) groups is 1. The number of nitrogens with zero attached hydrogens (tertiary/aromatic N) is 2. The van der Waals surface area contributed by atoms with Gasteiger partial charge in [0.25, 0.3) is 5.56 Å². The van der Waals surface area contributed by atoms with Gasteiger partial charge in [-0.3, -0.25) is 9.59 Å². The molecule has 0 saturated carbocycles. The van der Waals surface area contributed by atoms with Crippen LogP contribution in [-0.2, 0) is 24.3 Å². The molecule has 0 fully saturated rings. The number of aromatic nitrogens is 1. The Bertz CT molecular complexity index is 888. The normalized spacial score (nSPS) is 11.9. The topological polar surface area (TPSA) is 42.3 Å². The van der Waals surface area contributed by atoms with Gasteiger partial charge in [0.05, 0.1) is 0 Å². The highest BCUT2D eigenvalue weighted by Crippen LogP contribution is 2.17. The number of thiophene rings is 1. The molecule has 2 aromatic heterocycles. The van der Waals surface area contributed by atoms with Crippen molar-refractivity contribution < 1.29 is 4.79 Å². The molecule has 0 spiro atoms. The zero-order chi connectivity index (χ0) is 18.4. The van der Waals surface area contributed by atoms with E-state index in [0.29, 0.717) is 6.54 Å². The largest absolute Gasteiger partial charge is 0.334 e. The van der Waals surface area contributed by atoms with E-state index in [9.17, 15) is 9.59 Å². The summed E-state index contributed by atoms with van der Waals surface area (Å²) < 4.78 is 1.46. The Kier molecular flexibility index (Phi) is 6.02. The summed E-state index contributed by atoms with van der Waals surface area (Å²) in [5.41, 5.74) is 0.922. The van der Waals surface area contributed by atoms with Crippen LogP contribution in [0.2, 0.25) is 0 Å². The van der Waals surface area contributed by atoms with Gasteiger partial charge in [-0.15, -0.1) is 11.3 Å². The van der Waals surface area contributed by atoms with Crippen molar-refractivity contribution in [3.05, 3.63) is 93.0 Å². The first kappa shape index (κ1) is 18.1. The fraction of sp³-hybridized carbons (Fsp3) is 0.238. The monoisotopic (exact) mass is 366 g/mol. The zero-order valence-electron chi connectivity index (χ0n) is 14.7. The summed E-state index contributed by atoms with van der Waals surface area (Å²) in [5, 5.41) is 2.05. The van der Waals surface area contributed by atoms with Crippen molar-refractivity contribution in [1.82, 2.24) is 9.47 Å². The quantitative estimate of drug-likeness (QED) is 0.641. The van der Waals surface area contributed by atoms with Gasteiger partial charge < -0.3 is 9.47 Å². The summed E-state index contributed by atoms with van der Waals surface area (Å²) in [6.07, 6.45) is 2.46. The highest BCUT2D eigenvalue weighted by Gasteiger charge is 2.21. The molecule has 1 aromatic carbocycles. The summed E-state index contributed by atoms with van der Waals surface area (Å²) >= 11 is 1.70. The smallest absolute Gasteiger partial charge is 0.250 e. The fourth-order valence-electron chi connectivity index (χ4n) is 2.93. The minimum atomic E-state index is -0.161.